The molecule has 6 nitrogen and oxygen atoms in total. The molecular formula is C15H22NO5+. The van der Waals surface area contributed by atoms with E-state index in [-0.39, 0.29) is 4.48 Å². The third-order valence-electron chi connectivity index (χ3n) is 3.30. The molecule has 0 radical (unpaired) electrons. The van der Waals surface area contributed by atoms with Gasteiger partial charge in [-0.1, -0.05) is 18.2 Å². The number of benzene rings is 1. The maximum atomic E-state index is 11.6. The summed E-state index contributed by atoms with van der Waals surface area (Å²) in [6.45, 7) is 1.46. The van der Waals surface area contributed by atoms with Gasteiger partial charge in [0.15, 0.2) is 6.10 Å². The molecule has 21 heavy (non-hydrogen) atoms. The highest BCUT2D eigenvalue weighted by Crippen LogP contribution is 2.23. The molecule has 0 aliphatic heterocycles. The summed E-state index contributed by atoms with van der Waals surface area (Å²) in [5.41, 5.74) is 0. The van der Waals surface area contributed by atoms with Gasteiger partial charge in [0, 0.05) is 0 Å². The van der Waals surface area contributed by atoms with Gasteiger partial charge in [-0.25, -0.2) is 4.79 Å². The second-order valence-electron chi connectivity index (χ2n) is 5.92. The Morgan fingerprint density at radius 1 is 1.05 bits per heavy atom. The number of carboxylic acid groups (broad SMARTS) is 2. The summed E-state index contributed by atoms with van der Waals surface area (Å²) in [7, 11) is 5.11. The van der Waals surface area contributed by atoms with Gasteiger partial charge < -0.3 is 19.4 Å². The largest absolute Gasteiger partial charge is 0.483 e. The summed E-state index contributed by atoms with van der Waals surface area (Å²) in [4.78, 5) is 22.9. The number of para-hydroxylation sites is 1. The highest BCUT2D eigenvalue weighted by molar-refractivity contribution is 5.76. The minimum atomic E-state index is -1.09. The first kappa shape index (κ1) is 17.0. The monoisotopic (exact) mass is 296 g/mol. The quantitative estimate of drug-likeness (QED) is 0.741. The molecule has 0 aromatic heterocycles. The molecule has 0 saturated carbocycles. The van der Waals surface area contributed by atoms with Crippen LogP contribution in [0.2, 0.25) is 0 Å². The van der Waals surface area contributed by atoms with E-state index in [1.807, 2.05) is 0 Å². The second kappa shape index (κ2) is 6.58. The van der Waals surface area contributed by atoms with E-state index in [1.54, 1.807) is 51.5 Å². The third-order valence-corrected chi connectivity index (χ3v) is 3.30. The molecule has 0 amide bonds. The van der Waals surface area contributed by atoms with Crippen molar-refractivity contribution in [2.45, 2.75) is 19.1 Å². The van der Waals surface area contributed by atoms with Crippen LogP contribution in [0.25, 0.3) is 0 Å². The predicted molar refractivity (Wildman–Crippen MR) is 77.1 cm³/mol. The van der Waals surface area contributed by atoms with Gasteiger partial charge in [-0.15, -0.1) is 0 Å². The number of hydrogen-bond acceptors (Lipinski definition) is 3. The van der Waals surface area contributed by atoms with Crippen molar-refractivity contribution in [3.05, 3.63) is 30.3 Å². The minimum absolute atomic E-state index is 0.0600. The Labute approximate surface area is 124 Å². The molecule has 3 unspecified atom stereocenters. The summed E-state index contributed by atoms with van der Waals surface area (Å²) < 4.78 is 5.77. The summed E-state index contributed by atoms with van der Waals surface area (Å²) in [6.07, 6.45) is -0.984. The average molecular weight is 296 g/mol. The number of carbonyl (C=O) groups is 2. The molecule has 1 rings (SSSR count). The van der Waals surface area contributed by atoms with Crippen LogP contribution in [0.3, 0.4) is 0 Å². The van der Waals surface area contributed by atoms with Crippen molar-refractivity contribution in [1.29, 1.82) is 0 Å². The summed E-state index contributed by atoms with van der Waals surface area (Å²) in [6, 6.07) is 7.65. The van der Waals surface area contributed by atoms with E-state index in [1.165, 1.54) is 6.92 Å². The van der Waals surface area contributed by atoms with Crippen LogP contribution in [0.4, 0.5) is 0 Å². The molecule has 6 heteroatoms. The molecule has 0 saturated heterocycles. The molecule has 3 atom stereocenters. The predicted octanol–water partition coefficient (Wildman–Crippen LogP) is 1.31. The van der Waals surface area contributed by atoms with Crippen molar-refractivity contribution in [3.8, 4) is 5.75 Å². The maximum Gasteiger partial charge on any atom is 0.366 e. The fraction of sp³-hybridized carbons (Fsp3) is 0.467. The molecular weight excluding hydrogens is 274 g/mol. The first-order chi connectivity index (χ1) is 9.64. The van der Waals surface area contributed by atoms with Crippen LogP contribution in [0, 0.1) is 5.92 Å². The number of carboxylic acids is 2. The van der Waals surface area contributed by atoms with Crippen LogP contribution in [-0.2, 0) is 9.59 Å². The summed E-state index contributed by atoms with van der Waals surface area (Å²) in [5, 5.41) is 18.7. The summed E-state index contributed by atoms with van der Waals surface area (Å²) in [5.74, 6) is -2.67. The normalized spacial score (nSPS) is 15.8. The molecule has 0 aliphatic rings. The lowest BCUT2D eigenvalue weighted by Gasteiger charge is -2.37. The first-order valence-electron chi connectivity index (χ1n) is 6.63. The molecule has 116 valence electrons. The van der Waals surface area contributed by atoms with Crippen LogP contribution in [0.15, 0.2) is 30.3 Å². The molecule has 1 aromatic rings. The van der Waals surface area contributed by atoms with Gasteiger partial charge in [0.1, 0.15) is 5.75 Å². The van der Waals surface area contributed by atoms with Crippen molar-refractivity contribution < 1.29 is 29.0 Å². The van der Waals surface area contributed by atoms with Crippen LogP contribution in [0.1, 0.15) is 6.92 Å². The van der Waals surface area contributed by atoms with Crippen molar-refractivity contribution in [1.82, 2.24) is 0 Å². The Bertz CT molecular complexity index is 495. The standard InChI is InChI=1S/C15H21NO5/c1-10(14(17)18)13(12(15(19)20)16(2,3)4)21-11-8-6-5-7-9-11/h5-10,12-13H,1-4H3,(H-,17,18,19,20)/p+1. The number of rotatable bonds is 7. The topological polar surface area (TPSA) is 83.8 Å². The lowest BCUT2D eigenvalue weighted by Crippen LogP contribution is -2.60. The van der Waals surface area contributed by atoms with Crippen molar-refractivity contribution in [2.24, 2.45) is 5.92 Å². The first-order valence-corrected chi connectivity index (χ1v) is 6.63. The fourth-order valence-corrected chi connectivity index (χ4v) is 2.15. The van der Waals surface area contributed by atoms with Gasteiger partial charge in [0.05, 0.1) is 27.1 Å². The van der Waals surface area contributed by atoms with Gasteiger partial charge in [-0.2, -0.15) is 0 Å². The number of aliphatic carboxylic acids is 2. The molecule has 1 aromatic carbocycles. The lowest BCUT2D eigenvalue weighted by molar-refractivity contribution is -0.890. The Kier molecular flexibility index (Phi) is 5.32. The molecule has 0 aliphatic carbocycles. The number of nitrogens with zero attached hydrogens (tertiary/aromatic N) is 1. The van der Waals surface area contributed by atoms with E-state index in [0.29, 0.717) is 5.75 Å². The zero-order valence-electron chi connectivity index (χ0n) is 12.7. The zero-order valence-corrected chi connectivity index (χ0v) is 12.7. The maximum absolute atomic E-state index is 11.6. The van der Waals surface area contributed by atoms with Crippen LogP contribution in [-0.4, -0.2) is 59.9 Å². The zero-order chi connectivity index (χ0) is 16.2. The smallest absolute Gasteiger partial charge is 0.366 e. The Hall–Kier alpha value is -2.08. The Balaban J connectivity index is 3.17. The molecule has 0 bridgehead atoms. The highest BCUT2D eigenvalue weighted by Gasteiger charge is 2.46. The van der Waals surface area contributed by atoms with Crippen LogP contribution < -0.4 is 4.74 Å². The van der Waals surface area contributed by atoms with Crippen LogP contribution >= 0.6 is 0 Å². The van der Waals surface area contributed by atoms with Gasteiger partial charge in [0.2, 0.25) is 6.04 Å². The molecule has 0 spiro atoms. The Morgan fingerprint density at radius 3 is 1.95 bits per heavy atom. The van der Waals surface area contributed by atoms with Gasteiger partial charge in [-0.05, 0) is 19.1 Å². The molecule has 0 fully saturated rings. The van der Waals surface area contributed by atoms with Gasteiger partial charge in [0.25, 0.3) is 0 Å². The third kappa shape index (κ3) is 4.46. The van der Waals surface area contributed by atoms with E-state index in [0.717, 1.165) is 0 Å². The summed E-state index contributed by atoms with van der Waals surface area (Å²) >= 11 is 0. The molecule has 2 N–H and O–H groups in total. The average Bonchev–Trinajstić information content (AvgIpc) is 2.36. The van der Waals surface area contributed by atoms with E-state index < -0.39 is 30.0 Å². The van der Waals surface area contributed by atoms with Crippen molar-refractivity contribution in [2.75, 3.05) is 21.1 Å². The van der Waals surface area contributed by atoms with E-state index in [2.05, 4.69) is 0 Å². The number of hydrogen-bond donors (Lipinski definition) is 2. The lowest BCUT2D eigenvalue weighted by atomic mass is 9.95. The van der Waals surface area contributed by atoms with Crippen molar-refractivity contribution >= 4 is 11.9 Å². The van der Waals surface area contributed by atoms with E-state index in [4.69, 9.17) is 4.74 Å². The number of ether oxygens (including phenoxy) is 1. The highest BCUT2D eigenvalue weighted by atomic mass is 16.5. The van der Waals surface area contributed by atoms with E-state index >= 15 is 0 Å². The second-order valence-corrected chi connectivity index (χ2v) is 5.92. The van der Waals surface area contributed by atoms with E-state index in [9.17, 15) is 19.8 Å². The van der Waals surface area contributed by atoms with Gasteiger partial charge in [-0.3, -0.25) is 4.79 Å². The van der Waals surface area contributed by atoms with Crippen molar-refractivity contribution in [3.63, 3.8) is 0 Å². The SMILES string of the molecule is CC(C(=O)O)C(Oc1ccccc1)C(C(=O)O)[N+](C)(C)C. The minimum Gasteiger partial charge on any atom is -0.483 e. The molecule has 0 heterocycles. The fourth-order valence-electron chi connectivity index (χ4n) is 2.15. The van der Waals surface area contributed by atoms with Crippen LogP contribution in [0.5, 0.6) is 5.75 Å². The number of quaternary nitrogens is 1. The van der Waals surface area contributed by atoms with Gasteiger partial charge >= 0.3 is 11.9 Å². The number of likely N-dealkylation sites (N-methyl/N-ethyl adjacent to an activating group) is 1. The Morgan fingerprint density at radius 2 is 1.57 bits per heavy atom.